The number of hydrogen-bond acceptors (Lipinski definition) is 5. The topological polar surface area (TPSA) is 86.7 Å². The van der Waals surface area contributed by atoms with Crippen molar-refractivity contribution in [3.63, 3.8) is 0 Å². The number of hydrogen-bond donors (Lipinski definition) is 1. The Morgan fingerprint density at radius 1 is 0.731 bits per heavy atom. The zero-order valence-corrected chi connectivity index (χ0v) is 17.8. The van der Waals surface area contributed by atoms with Crippen LogP contribution in [-0.4, -0.2) is 29.8 Å². The third-order valence-electron chi connectivity index (χ3n) is 4.83. The molecule has 5 nitrogen and oxygen atoms in total. The molecule has 1 unspecified atom stereocenters. The second kappa shape index (κ2) is 15.8. The first-order valence-corrected chi connectivity index (χ1v) is 12.0. The van der Waals surface area contributed by atoms with Crippen LogP contribution in [0.3, 0.4) is 0 Å². The van der Waals surface area contributed by atoms with Crippen LogP contribution >= 0.6 is 0 Å². The number of rotatable bonds is 19. The van der Waals surface area contributed by atoms with Crippen molar-refractivity contribution >= 4 is 10.1 Å². The fourth-order valence-electron chi connectivity index (χ4n) is 2.98. The summed E-state index contributed by atoms with van der Waals surface area (Å²) in [5, 5.41) is 6.75. The molecule has 0 rings (SSSR count). The molecule has 0 saturated heterocycles. The molecular formula is C20H41O5S-. The highest BCUT2D eigenvalue weighted by Crippen LogP contribution is 2.16. The molecule has 1 N–H and O–H groups in total. The molecular weight excluding hydrogens is 352 g/mol. The molecule has 0 spiro atoms. The van der Waals surface area contributed by atoms with Crippen LogP contribution < -0.4 is 0 Å². The van der Waals surface area contributed by atoms with Gasteiger partial charge in [-0.05, 0) is 6.42 Å². The first kappa shape index (κ1) is 25.8. The van der Waals surface area contributed by atoms with Gasteiger partial charge in [0.1, 0.15) is 0 Å². The molecule has 26 heavy (non-hydrogen) atoms. The number of ether oxygens (including phenoxy) is 1. The van der Waals surface area contributed by atoms with Crippen LogP contribution in [0.4, 0.5) is 0 Å². The Morgan fingerprint density at radius 2 is 1.04 bits per heavy atom. The average Bonchev–Trinajstić information content (AvgIpc) is 2.56. The highest BCUT2D eigenvalue weighted by Gasteiger charge is 2.29. The van der Waals surface area contributed by atoms with Gasteiger partial charge in [0, 0.05) is 6.92 Å². The number of aliphatic hydroxyl groups is 1. The van der Waals surface area contributed by atoms with Gasteiger partial charge in [0.05, 0.1) is 6.61 Å². The Labute approximate surface area is 161 Å². The fraction of sp³-hybridized carbons (Fsp3) is 1.00. The van der Waals surface area contributed by atoms with E-state index in [1.807, 2.05) is 0 Å². The quantitative estimate of drug-likeness (QED) is 0.178. The molecule has 0 radical (unpaired) electrons. The van der Waals surface area contributed by atoms with Gasteiger partial charge in [-0.3, -0.25) is 0 Å². The standard InChI is InChI=1S/C20H42O5S/c1-3-4-5-6-7-8-9-10-11-12-13-14-15-16-17-18-19-25-20(2,21)26(22,23)24/h21H,3-19H2,1-2H3,(H,22,23,24)/p-1. The summed E-state index contributed by atoms with van der Waals surface area (Å²) in [6.45, 7) is 3.22. The van der Waals surface area contributed by atoms with Crippen molar-refractivity contribution in [1.82, 2.24) is 0 Å². The maximum atomic E-state index is 10.7. The highest BCUT2D eigenvalue weighted by atomic mass is 32.2. The molecule has 0 aliphatic heterocycles. The Morgan fingerprint density at radius 3 is 1.35 bits per heavy atom. The van der Waals surface area contributed by atoms with E-state index in [-0.39, 0.29) is 6.61 Å². The summed E-state index contributed by atoms with van der Waals surface area (Å²) in [5.74, 6) is 0. The Hall–Kier alpha value is -0.170. The lowest BCUT2D eigenvalue weighted by Gasteiger charge is -2.26. The predicted octanol–water partition coefficient (Wildman–Crippen LogP) is 5.48. The van der Waals surface area contributed by atoms with Crippen LogP contribution in [0.1, 0.15) is 117 Å². The van der Waals surface area contributed by atoms with Gasteiger partial charge >= 0.3 is 0 Å². The van der Waals surface area contributed by atoms with Gasteiger partial charge in [-0.15, -0.1) is 0 Å². The fourth-order valence-corrected chi connectivity index (χ4v) is 3.21. The van der Waals surface area contributed by atoms with Crippen LogP contribution in [0.25, 0.3) is 0 Å². The molecule has 0 heterocycles. The van der Waals surface area contributed by atoms with E-state index in [0.717, 1.165) is 19.8 Å². The third-order valence-corrected chi connectivity index (χ3v) is 5.88. The molecule has 0 aromatic rings. The molecule has 0 saturated carbocycles. The van der Waals surface area contributed by atoms with Crippen molar-refractivity contribution in [3.8, 4) is 0 Å². The minimum absolute atomic E-state index is 0.0902. The minimum Gasteiger partial charge on any atom is -0.744 e. The van der Waals surface area contributed by atoms with Gasteiger partial charge in [-0.1, -0.05) is 103 Å². The molecule has 0 amide bonds. The van der Waals surface area contributed by atoms with Gasteiger partial charge in [-0.2, -0.15) is 0 Å². The minimum atomic E-state index is -4.84. The molecule has 1 atom stereocenters. The smallest absolute Gasteiger partial charge is 0.256 e. The zero-order chi connectivity index (χ0) is 19.7. The van der Waals surface area contributed by atoms with E-state index in [2.05, 4.69) is 6.92 Å². The first-order valence-electron chi connectivity index (χ1n) is 10.6. The maximum Gasteiger partial charge on any atom is 0.256 e. The molecule has 0 aromatic carbocycles. The summed E-state index contributed by atoms with van der Waals surface area (Å²) in [5.41, 5.74) is 0. The Bertz CT molecular complexity index is 406. The summed E-state index contributed by atoms with van der Waals surface area (Å²) in [6, 6.07) is 0. The lowest BCUT2D eigenvalue weighted by atomic mass is 10.0. The van der Waals surface area contributed by atoms with Gasteiger partial charge < -0.3 is 14.4 Å². The van der Waals surface area contributed by atoms with Crippen molar-refractivity contribution < 1.29 is 22.8 Å². The van der Waals surface area contributed by atoms with E-state index < -0.39 is 15.2 Å². The third kappa shape index (κ3) is 14.9. The summed E-state index contributed by atoms with van der Waals surface area (Å²) in [4.78, 5) is 0. The van der Waals surface area contributed by atoms with E-state index in [9.17, 15) is 18.1 Å². The molecule has 0 bridgehead atoms. The monoisotopic (exact) mass is 393 g/mol. The lowest BCUT2D eigenvalue weighted by molar-refractivity contribution is -0.130. The molecule has 0 fully saturated rings. The molecule has 0 aliphatic carbocycles. The first-order chi connectivity index (χ1) is 12.3. The van der Waals surface area contributed by atoms with E-state index >= 15 is 0 Å². The lowest BCUT2D eigenvalue weighted by Crippen LogP contribution is -2.38. The van der Waals surface area contributed by atoms with Crippen LogP contribution in [0, 0.1) is 0 Å². The Balaban J connectivity index is 3.23. The average molecular weight is 394 g/mol. The van der Waals surface area contributed by atoms with Crippen LogP contribution in [0.2, 0.25) is 0 Å². The molecule has 0 aliphatic rings. The zero-order valence-electron chi connectivity index (χ0n) is 17.0. The van der Waals surface area contributed by atoms with Gasteiger partial charge in [0.2, 0.25) is 0 Å². The second-order valence-corrected chi connectivity index (χ2v) is 9.17. The second-order valence-electron chi connectivity index (χ2n) is 7.50. The summed E-state index contributed by atoms with van der Waals surface area (Å²) < 4.78 is 36.9. The summed E-state index contributed by atoms with van der Waals surface area (Å²) in [6.07, 6.45) is 20.1. The predicted molar refractivity (Wildman–Crippen MR) is 106 cm³/mol. The van der Waals surface area contributed by atoms with Crippen molar-refractivity contribution in [1.29, 1.82) is 0 Å². The van der Waals surface area contributed by atoms with Crippen molar-refractivity contribution in [2.24, 2.45) is 0 Å². The SMILES string of the molecule is CCCCCCCCCCCCCCCCCCOC(C)(O)S(=O)(=O)[O-]. The normalized spacial score (nSPS) is 14.5. The summed E-state index contributed by atoms with van der Waals surface area (Å²) >= 11 is 0. The maximum absolute atomic E-state index is 10.7. The Kier molecular flexibility index (Phi) is 15.7. The van der Waals surface area contributed by atoms with E-state index in [4.69, 9.17) is 4.74 Å². The largest absolute Gasteiger partial charge is 0.744 e. The molecule has 0 aromatic heterocycles. The van der Waals surface area contributed by atoms with Crippen molar-refractivity contribution in [2.45, 2.75) is 122 Å². The van der Waals surface area contributed by atoms with E-state index in [1.54, 1.807) is 0 Å². The van der Waals surface area contributed by atoms with E-state index in [1.165, 1.54) is 83.5 Å². The van der Waals surface area contributed by atoms with Crippen LogP contribution in [0.5, 0.6) is 0 Å². The van der Waals surface area contributed by atoms with Crippen molar-refractivity contribution in [3.05, 3.63) is 0 Å². The molecule has 6 heteroatoms. The summed E-state index contributed by atoms with van der Waals surface area (Å²) in [7, 11) is -4.84. The van der Waals surface area contributed by atoms with Gasteiger partial charge in [-0.25, -0.2) is 8.42 Å². The van der Waals surface area contributed by atoms with Gasteiger partial charge in [0.15, 0.2) is 10.1 Å². The van der Waals surface area contributed by atoms with Crippen LogP contribution in [0.15, 0.2) is 0 Å². The van der Waals surface area contributed by atoms with E-state index in [0.29, 0.717) is 6.42 Å². The highest BCUT2D eigenvalue weighted by molar-refractivity contribution is 7.86. The van der Waals surface area contributed by atoms with Gasteiger partial charge in [0.25, 0.3) is 5.12 Å². The molecule has 158 valence electrons. The van der Waals surface area contributed by atoms with Crippen molar-refractivity contribution in [2.75, 3.05) is 6.61 Å². The number of unbranched alkanes of at least 4 members (excludes halogenated alkanes) is 15. The van der Waals surface area contributed by atoms with Crippen LogP contribution in [-0.2, 0) is 14.9 Å².